The van der Waals surface area contributed by atoms with Crippen molar-refractivity contribution in [1.29, 1.82) is 0 Å². The van der Waals surface area contributed by atoms with Gasteiger partial charge in [-0.2, -0.15) is 0 Å². The Labute approximate surface area is 197 Å². The summed E-state index contributed by atoms with van der Waals surface area (Å²) in [7, 11) is -2.87. The first-order valence-corrected chi connectivity index (χ1v) is 12.2. The van der Waals surface area contributed by atoms with Gasteiger partial charge in [0.15, 0.2) is 0 Å². The summed E-state index contributed by atoms with van der Waals surface area (Å²) in [6.07, 6.45) is 2.35. The number of hydrogen-bond donors (Lipinski definition) is 1. The molecule has 180 valence electrons. The molecule has 0 amide bonds. The molecule has 0 aliphatic carbocycles. The van der Waals surface area contributed by atoms with Crippen molar-refractivity contribution >= 4 is 21.8 Å². The highest BCUT2D eigenvalue weighted by atomic mass is 32.2. The van der Waals surface area contributed by atoms with Crippen molar-refractivity contribution in [3.63, 3.8) is 0 Å². The second-order valence-electron chi connectivity index (χ2n) is 8.23. The lowest BCUT2D eigenvalue weighted by atomic mass is 10.0. The Morgan fingerprint density at radius 1 is 1.24 bits per heavy atom. The van der Waals surface area contributed by atoms with Crippen LogP contribution >= 0.6 is 0 Å². The molecule has 34 heavy (non-hydrogen) atoms. The SMILES string of the molecule is COC(=O)c1cc(-c2cc(N[C@H]3CCOC[C@@H]3F)ncc2C)cn1S(=O)(=O)c1ccc(C)cc1. The van der Waals surface area contributed by atoms with Crippen molar-refractivity contribution in [2.24, 2.45) is 0 Å². The maximum atomic E-state index is 14.2. The van der Waals surface area contributed by atoms with E-state index in [1.807, 2.05) is 13.8 Å². The van der Waals surface area contributed by atoms with Gasteiger partial charge in [0.2, 0.25) is 0 Å². The van der Waals surface area contributed by atoms with Gasteiger partial charge in [-0.3, -0.25) is 0 Å². The molecule has 1 saturated heterocycles. The molecule has 1 N–H and O–H groups in total. The van der Waals surface area contributed by atoms with E-state index in [1.54, 1.807) is 24.4 Å². The monoisotopic (exact) mass is 487 g/mol. The summed E-state index contributed by atoms with van der Waals surface area (Å²) in [6.45, 7) is 4.16. The summed E-state index contributed by atoms with van der Waals surface area (Å²) in [4.78, 5) is 16.9. The number of methoxy groups -OCH3 is 1. The number of halogens is 1. The van der Waals surface area contributed by atoms with Crippen LogP contribution in [-0.4, -0.2) is 55.9 Å². The zero-order valence-electron chi connectivity index (χ0n) is 19.1. The first-order valence-electron chi connectivity index (χ1n) is 10.8. The van der Waals surface area contributed by atoms with Crippen LogP contribution in [0.5, 0.6) is 0 Å². The molecule has 1 aromatic carbocycles. The van der Waals surface area contributed by atoms with Gasteiger partial charge in [0.1, 0.15) is 17.7 Å². The van der Waals surface area contributed by atoms with E-state index in [9.17, 15) is 17.6 Å². The molecule has 1 aliphatic heterocycles. The molecule has 1 aliphatic rings. The number of nitrogens with one attached hydrogen (secondary N) is 1. The average molecular weight is 488 g/mol. The summed E-state index contributed by atoms with van der Waals surface area (Å²) < 4.78 is 51.8. The highest BCUT2D eigenvalue weighted by Gasteiger charge is 2.27. The van der Waals surface area contributed by atoms with Crippen LogP contribution in [0, 0.1) is 13.8 Å². The van der Waals surface area contributed by atoms with Crippen LogP contribution in [0.3, 0.4) is 0 Å². The van der Waals surface area contributed by atoms with Crippen molar-refractivity contribution in [3.8, 4) is 11.1 Å². The zero-order chi connectivity index (χ0) is 24.5. The molecule has 3 aromatic rings. The summed E-state index contributed by atoms with van der Waals surface area (Å²) in [5.74, 6) is -0.335. The number of aryl methyl sites for hydroxylation is 2. The van der Waals surface area contributed by atoms with Crippen LogP contribution in [0.2, 0.25) is 0 Å². The number of aromatic nitrogens is 2. The lowest BCUT2D eigenvalue weighted by molar-refractivity contribution is 0.0285. The van der Waals surface area contributed by atoms with Gasteiger partial charge in [-0.25, -0.2) is 26.6 Å². The summed E-state index contributed by atoms with van der Waals surface area (Å²) >= 11 is 0. The first-order chi connectivity index (χ1) is 16.2. The van der Waals surface area contributed by atoms with Gasteiger partial charge in [-0.05, 0) is 55.7 Å². The Hall–Kier alpha value is -3.24. The molecule has 2 atom stereocenters. The molecular formula is C24H26FN3O5S. The van der Waals surface area contributed by atoms with Crippen LogP contribution in [0.4, 0.5) is 10.2 Å². The van der Waals surface area contributed by atoms with Gasteiger partial charge < -0.3 is 14.8 Å². The number of pyridine rings is 1. The molecule has 1 fully saturated rings. The van der Waals surface area contributed by atoms with E-state index in [1.165, 1.54) is 31.5 Å². The predicted octanol–water partition coefficient (Wildman–Crippen LogP) is 3.73. The smallest absolute Gasteiger partial charge is 0.355 e. The number of carbonyl (C=O) groups excluding carboxylic acids is 1. The minimum atomic E-state index is -4.06. The van der Waals surface area contributed by atoms with Crippen molar-refractivity contribution in [1.82, 2.24) is 8.96 Å². The predicted molar refractivity (Wildman–Crippen MR) is 125 cm³/mol. The summed E-state index contributed by atoms with van der Waals surface area (Å²) in [6, 6.07) is 9.11. The van der Waals surface area contributed by atoms with Crippen LogP contribution in [0.15, 0.2) is 53.7 Å². The Morgan fingerprint density at radius 2 is 1.97 bits per heavy atom. The van der Waals surface area contributed by atoms with E-state index in [4.69, 9.17) is 9.47 Å². The van der Waals surface area contributed by atoms with E-state index in [0.717, 1.165) is 15.1 Å². The first kappa shape index (κ1) is 23.9. The number of nitrogens with zero attached hydrogens (tertiary/aromatic N) is 2. The Bertz CT molecular complexity index is 1300. The van der Waals surface area contributed by atoms with Gasteiger partial charge in [-0.15, -0.1) is 0 Å². The van der Waals surface area contributed by atoms with E-state index in [-0.39, 0.29) is 17.2 Å². The molecule has 10 heteroatoms. The fourth-order valence-corrected chi connectivity index (χ4v) is 5.18. The molecule has 3 heterocycles. The van der Waals surface area contributed by atoms with Gasteiger partial charge >= 0.3 is 5.97 Å². The molecule has 0 saturated carbocycles. The van der Waals surface area contributed by atoms with Crippen molar-refractivity contribution in [3.05, 3.63) is 65.6 Å². The Morgan fingerprint density at radius 3 is 2.65 bits per heavy atom. The van der Waals surface area contributed by atoms with Crippen molar-refractivity contribution in [2.45, 2.75) is 37.4 Å². The van der Waals surface area contributed by atoms with Crippen LogP contribution < -0.4 is 5.32 Å². The number of alkyl halides is 1. The second-order valence-corrected chi connectivity index (χ2v) is 10.0. The molecule has 0 radical (unpaired) electrons. The largest absolute Gasteiger partial charge is 0.464 e. The third-order valence-electron chi connectivity index (χ3n) is 5.79. The van der Waals surface area contributed by atoms with Crippen LogP contribution in [0.25, 0.3) is 11.1 Å². The number of ether oxygens (including phenoxy) is 2. The Balaban J connectivity index is 1.76. The molecule has 0 unspecified atom stereocenters. The zero-order valence-corrected chi connectivity index (χ0v) is 19.9. The van der Waals surface area contributed by atoms with E-state index >= 15 is 0 Å². The fraction of sp³-hybridized carbons (Fsp3) is 0.333. The van der Waals surface area contributed by atoms with E-state index < -0.39 is 28.2 Å². The topological polar surface area (TPSA) is 99.5 Å². The van der Waals surface area contributed by atoms with Gasteiger partial charge in [0.25, 0.3) is 10.0 Å². The summed E-state index contributed by atoms with van der Waals surface area (Å²) in [5, 5.41) is 3.10. The average Bonchev–Trinajstić information content (AvgIpc) is 3.28. The highest BCUT2D eigenvalue weighted by molar-refractivity contribution is 7.90. The van der Waals surface area contributed by atoms with Crippen molar-refractivity contribution < 1.29 is 27.1 Å². The molecular weight excluding hydrogens is 461 g/mol. The standard InChI is InChI=1S/C24H26FN3O5S/c1-15-4-6-18(7-5-15)34(30,31)28-13-17(10-22(28)24(29)32-3)19-11-23(26-12-16(19)2)27-21-8-9-33-14-20(21)25/h4-7,10-13,20-21H,8-9,14H2,1-3H3,(H,26,27)/t20-,21-/m0/s1. The number of benzene rings is 1. The number of anilines is 1. The highest BCUT2D eigenvalue weighted by Crippen LogP contribution is 2.30. The maximum absolute atomic E-state index is 14.2. The molecule has 2 aromatic heterocycles. The molecule has 8 nitrogen and oxygen atoms in total. The molecule has 4 rings (SSSR count). The molecule has 0 bridgehead atoms. The Kier molecular flexibility index (Phi) is 6.72. The van der Waals surface area contributed by atoms with Crippen molar-refractivity contribution in [2.75, 3.05) is 25.6 Å². The van der Waals surface area contributed by atoms with Gasteiger partial charge in [0, 0.05) is 24.6 Å². The number of carbonyl (C=O) groups is 1. The number of esters is 1. The minimum Gasteiger partial charge on any atom is -0.464 e. The fourth-order valence-electron chi connectivity index (χ4n) is 3.84. The summed E-state index contributed by atoms with van der Waals surface area (Å²) in [5.41, 5.74) is 2.69. The van der Waals surface area contributed by atoms with Crippen LogP contribution in [-0.2, 0) is 19.5 Å². The van der Waals surface area contributed by atoms with Gasteiger partial charge in [0.05, 0.1) is 24.7 Å². The van der Waals surface area contributed by atoms with Gasteiger partial charge in [-0.1, -0.05) is 17.7 Å². The van der Waals surface area contributed by atoms with E-state index in [0.29, 0.717) is 30.0 Å². The lowest BCUT2D eigenvalue weighted by Gasteiger charge is -2.27. The second kappa shape index (κ2) is 9.55. The quantitative estimate of drug-likeness (QED) is 0.529. The van der Waals surface area contributed by atoms with E-state index in [2.05, 4.69) is 10.3 Å². The maximum Gasteiger partial charge on any atom is 0.355 e. The number of hydrogen-bond acceptors (Lipinski definition) is 7. The third-order valence-corrected chi connectivity index (χ3v) is 7.48. The minimum absolute atomic E-state index is 0.0264. The molecule has 0 spiro atoms. The normalized spacial score (nSPS) is 18.5. The number of rotatable bonds is 6. The third kappa shape index (κ3) is 4.69. The lowest BCUT2D eigenvalue weighted by Crippen LogP contribution is -2.39. The van der Waals surface area contributed by atoms with Crippen LogP contribution in [0.1, 0.15) is 28.0 Å².